The minimum absolute atomic E-state index is 0.442. The van der Waals surface area contributed by atoms with E-state index in [-0.39, 0.29) is 0 Å². The van der Waals surface area contributed by atoms with Crippen molar-refractivity contribution in [1.29, 1.82) is 5.41 Å². The van der Waals surface area contributed by atoms with Gasteiger partial charge in [0.2, 0.25) is 0 Å². The molecule has 0 fully saturated rings. The molecule has 0 saturated carbocycles. The molecule has 0 bridgehead atoms. The predicted octanol–water partition coefficient (Wildman–Crippen LogP) is 2.76. The third-order valence-electron chi connectivity index (χ3n) is 1.92. The summed E-state index contributed by atoms with van der Waals surface area (Å²) in [6.07, 6.45) is 2.94. The van der Waals surface area contributed by atoms with E-state index in [0.29, 0.717) is 23.1 Å². The summed E-state index contributed by atoms with van der Waals surface area (Å²) in [5.74, 6) is 1.03. The Kier molecular flexibility index (Phi) is 7.43. The summed E-state index contributed by atoms with van der Waals surface area (Å²) in [4.78, 5) is 4.18. The Balaban J connectivity index is 4.50. The van der Waals surface area contributed by atoms with Crippen molar-refractivity contribution in [3.05, 3.63) is 61.0 Å². The van der Waals surface area contributed by atoms with Crippen molar-refractivity contribution in [2.24, 2.45) is 4.99 Å². The number of amidine groups is 1. The van der Waals surface area contributed by atoms with Gasteiger partial charge >= 0.3 is 0 Å². The first-order valence-electron chi connectivity index (χ1n) is 6.02. The molecule has 5 nitrogen and oxygen atoms in total. The van der Waals surface area contributed by atoms with Crippen molar-refractivity contribution in [3.63, 3.8) is 0 Å². The van der Waals surface area contributed by atoms with Crippen molar-refractivity contribution in [1.82, 2.24) is 16.0 Å². The minimum Gasteiger partial charge on any atom is -0.363 e. The molecule has 0 radical (unpaired) electrons. The summed E-state index contributed by atoms with van der Waals surface area (Å²) in [6.45, 7) is 20.6. The Hall–Kier alpha value is -2.56. The molecule has 0 amide bonds. The first kappa shape index (κ1) is 17.4. The third-order valence-corrected chi connectivity index (χ3v) is 1.92. The van der Waals surface area contributed by atoms with Crippen molar-refractivity contribution >= 4 is 12.1 Å². The molecule has 0 aliphatic rings. The van der Waals surface area contributed by atoms with Crippen LogP contribution in [0.5, 0.6) is 0 Å². The average molecular weight is 273 g/mol. The summed E-state index contributed by atoms with van der Waals surface area (Å²) in [5, 5.41) is 15.9. The van der Waals surface area contributed by atoms with Crippen LogP contribution in [0.15, 0.2) is 66.0 Å². The topological polar surface area (TPSA) is 72.3 Å². The second kappa shape index (κ2) is 8.53. The van der Waals surface area contributed by atoms with Crippen molar-refractivity contribution in [2.45, 2.75) is 20.8 Å². The number of hydrogen-bond donors (Lipinski definition) is 4. The third kappa shape index (κ3) is 8.52. The van der Waals surface area contributed by atoms with Gasteiger partial charge in [-0.1, -0.05) is 26.3 Å². The average Bonchev–Trinajstić information content (AvgIpc) is 2.26. The highest BCUT2D eigenvalue weighted by atomic mass is 15.1. The Bertz CT molecular complexity index is 494. The maximum Gasteiger partial charge on any atom is 0.125 e. The van der Waals surface area contributed by atoms with Crippen LogP contribution < -0.4 is 16.0 Å². The van der Waals surface area contributed by atoms with E-state index >= 15 is 0 Å². The summed E-state index contributed by atoms with van der Waals surface area (Å²) in [5.41, 5.74) is 2.88. The molecule has 0 aromatic carbocycles. The molecule has 0 spiro atoms. The maximum absolute atomic E-state index is 7.01. The molecule has 20 heavy (non-hydrogen) atoms. The molecular weight excluding hydrogens is 250 g/mol. The molecule has 0 aliphatic carbocycles. The van der Waals surface area contributed by atoms with E-state index in [9.17, 15) is 0 Å². The van der Waals surface area contributed by atoms with Gasteiger partial charge in [0, 0.05) is 29.0 Å². The van der Waals surface area contributed by atoms with Gasteiger partial charge in [0.1, 0.15) is 11.7 Å². The number of rotatable bonds is 8. The van der Waals surface area contributed by atoms with E-state index in [4.69, 9.17) is 5.41 Å². The molecule has 0 atom stereocenters. The second-order valence-electron chi connectivity index (χ2n) is 4.32. The van der Waals surface area contributed by atoms with Crippen LogP contribution in [0.25, 0.3) is 0 Å². The van der Waals surface area contributed by atoms with Gasteiger partial charge in [0.15, 0.2) is 0 Å². The lowest BCUT2D eigenvalue weighted by molar-refractivity contribution is 0.940. The molecule has 0 unspecified atom stereocenters. The molecule has 4 N–H and O–H groups in total. The van der Waals surface area contributed by atoms with Crippen LogP contribution >= 0.6 is 0 Å². The van der Waals surface area contributed by atoms with Crippen LogP contribution in [0, 0.1) is 5.41 Å². The van der Waals surface area contributed by atoms with E-state index in [1.165, 1.54) is 0 Å². The van der Waals surface area contributed by atoms with Gasteiger partial charge in [-0.15, -0.1) is 0 Å². The Morgan fingerprint density at radius 1 is 0.950 bits per heavy atom. The molecular formula is C15H23N5. The lowest BCUT2D eigenvalue weighted by atomic mass is 10.3. The zero-order chi connectivity index (χ0) is 15.7. The molecule has 0 aromatic heterocycles. The second-order valence-corrected chi connectivity index (χ2v) is 4.32. The van der Waals surface area contributed by atoms with E-state index in [1.807, 2.05) is 19.9 Å². The molecule has 0 aromatic rings. The fraction of sp³-hybridized carbons (Fsp3) is 0.200. The zero-order valence-electron chi connectivity index (χ0n) is 12.4. The van der Waals surface area contributed by atoms with Crippen LogP contribution in [0.4, 0.5) is 0 Å². The van der Waals surface area contributed by atoms with Gasteiger partial charge in [0.05, 0.1) is 0 Å². The lowest BCUT2D eigenvalue weighted by Gasteiger charge is -2.10. The molecule has 5 heteroatoms. The van der Waals surface area contributed by atoms with E-state index in [0.717, 1.165) is 17.6 Å². The molecule has 108 valence electrons. The van der Waals surface area contributed by atoms with Crippen LogP contribution in [0.1, 0.15) is 20.8 Å². The van der Waals surface area contributed by atoms with Crippen LogP contribution in [0.2, 0.25) is 0 Å². The van der Waals surface area contributed by atoms with Gasteiger partial charge in [-0.05, 0) is 26.8 Å². The number of nitrogens with one attached hydrogen (secondary N) is 4. The lowest BCUT2D eigenvalue weighted by Crippen LogP contribution is -2.21. The molecule has 0 rings (SSSR count). The highest BCUT2D eigenvalue weighted by molar-refractivity contribution is 5.88. The van der Waals surface area contributed by atoms with Crippen LogP contribution in [0.3, 0.4) is 0 Å². The first-order chi connectivity index (χ1) is 9.24. The van der Waals surface area contributed by atoms with E-state index < -0.39 is 0 Å². The quantitative estimate of drug-likeness (QED) is 0.312. The minimum atomic E-state index is 0.442. The van der Waals surface area contributed by atoms with Gasteiger partial charge < -0.3 is 21.4 Å². The van der Waals surface area contributed by atoms with Gasteiger partial charge in [0.25, 0.3) is 0 Å². The van der Waals surface area contributed by atoms with Crippen LogP contribution in [-0.2, 0) is 0 Å². The zero-order valence-corrected chi connectivity index (χ0v) is 12.4. The van der Waals surface area contributed by atoms with Crippen LogP contribution in [-0.4, -0.2) is 12.1 Å². The smallest absolute Gasteiger partial charge is 0.125 e. The van der Waals surface area contributed by atoms with E-state index in [2.05, 4.69) is 47.3 Å². The van der Waals surface area contributed by atoms with Gasteiger partial charge in [-0.25, -0.2) is 4.99 Å². The summed E-state index contributed by atoms with van der Waals surface area (Å²) in [7, 11) is 0. The monoisotopic (exact) mass is 273 g/mol. The van der Waals surface area contributed by atoms with E-state index in [1.54, 1.807) is 6.92 Å². The van der Waals surface area contributed by atoms with Gasteiger partial charge in [-0.2, -0.15) is 0 Å². The summed E-state index contributed by atoms with van der Waals surface area (Å²) >= 11 is 0. The molecule has 0 aliphatic heterocycles. The van der Waals surface area contributed by atoms with Crippen molar-refractivity contribution in [2.75, 3.05) is 0 Å². The van der Waals surface area contributed by atoms with Crippen molar-refractivity contribution in [3.8, 4) is 0 Å². The number of aliphatic imine (C=N–C) groups is 1. The normalized spacial score (nSPS) is 11.3. The van der Waals surface area contributed by atoms with Gasteiger partial charge in [-0.3, -0.25) is 0 Å². The number of allylic oxidation sites excluding steroid dienone is 4. The standard InChI is InChI=1S/C15H23N5/c1-10(2)17-11(3)8-12(4)18-14(6)20-15(7)19-13(5)9-16/h8-9,16-18H,1,4-6H2,2-3,7H3,(H,19,20)/b11-8+,16-9?. The Labute approximate surface area is 121 Å². The highest BCUT2D eigenvalue weighted by Crippen LogP contribution is 2.00. The summed E-state index contributed by atoms with van der Waals surface area (Å²) < 4.78 is 0. The fourth-order valence-electron chi connectivity index (χ4n) is 1.38. The summed E-state index contributed by atoms with van der Waals surface area (Å²) in [6, 6.07) is 0. The Morgan fingerprint density at radius 2 is 1.55 bits per heavy atom. The number of hydrogen-bond acceptors (Lipinski definition) is 4. The predicted molar refractivity (Wildman–Crippen MR) is 87.3 cm³/mol. The number of nitrogens with zero attached hydrogens (tertiary/aromatic N) is 1. The molecule has 0 saturated heterocycles. The molecule has 0 heterocycles. The maximum atomic E-state index is 7.01. The Morgan fingerprint density at radius 3 is 2.05 bits per heavy atom. The first-order valence-corrected chi connectivity index (χ1v) is 6.02. The highest BCUT2D eigenvalue weighted by Gasteiger charge is 1.97. The largest absolute Gasteiger partial charge is 0.363 e. The van der Waals surface area contributed by atoms with Crippen molar-refractivity contribution < 1.29 is 0 Å². The SMILES string of the molecule is C=C(C)N/C(C)=C/C(=C)NC(=C)N=C(C)NC(=C)C=N. The fourth-order valence-corrected chi connectivity index (χ4v) is 1.38.